The summed E-state index contributed by atoms with van der Waals surface area (Å²) in [5.74, 6) is -0.791. The first-order valence-electron chi connectivity index (χ1n) is 11.1. The van der Waals surface area contributed by atoms with Crippen LogP contribution in [0.15, 0.2) is 65.6 Å². The van der Waals surface area contributed by atoms with E-state index in [-0.39, 0.29) is 17.9 Å². The number of hydrogen-bond donors (Lipinski definition) is 2. The van der Waals surface area contributed by atoms with E-state index in [0.717, 1.165) is 22.0 Å². The maximum atomic E-state index is 13.9. The number of nitrogen functional groups attached to an aromatic ring is 1. The van der Waals surface area contributed by atoms with Gasteiger partial charge in [0.05, 0.1) is 24.5 Å². The van der Waals surface area contributed by atoms with Crippen LogP contribution < -0.4 is 11.4 Å². The predicted molar refractivity (Wildman–Crippen MR) is 137 cm³/mol. The second-order valence-electron chi connectivity index (χ2n) is 8.72. The number of aryl methyl sites for hydroxylation is 2. The molecule has 178 valence electrons. The van der Waals surface area contributed by atoms with Crippen LogP contribution in [-0.2, 0) is 18.4 Å². The van der Waals surface area contributed by atoms with Crippen LogP contribution >= 0.6 is 11.6 Å². The molecule has 0 fully saturated rings. The van der Waals surface area contributed by atoms with E-state index >= 15 is 0 Å². The lowest BCUT2D eigenvalue weighted by Crippen LogP contribution is -2.30. The Labute approximate surface area is 205 Å². The van der Waals surface area contributed by atoms with Gasteiger partial charge in [0.2, 0.25) is 0 Å². The maximum absolute atomic E-state index is 13.9. The molecule has 0 amide bonds. The molecular formula is C26H24ClN5O3. The number of fused-ring (bicyclic) bond motifs is 2. The summed E-state index contributed by atoms with van der Waals surface area (Å²) in [6, 6.07) is 15.5. The van der Waals surface area contributed by atoms with E-state index in [0.29, 0.717) is 28.3 Å². The topological polar surface area (TPSA) is 108 Å². The molecule has 9 heteroatoms. The second kappa shape index (κ2) is 8.63. The van der Waals surface area contributed by atoms with Crippen molar-refractivity contribution in [1.29, 1.82) is 0 Å². The first-order chi connectivity index (χ1) is 16.7. The molecule has 0 aliphatic rings. The van der Waals surface area contributed by atoms with Gasteiger partial charge in [0, 0.05) is 29.2 Å². The number of carboxylic acids is 1. The molecule has 0 unspecified atom stereocenters. The Morgan fingerprint density at radius 3 is 2.57 bits per heavy atom. The number of hydrogen-bond acceptors (Lipinski definition) is 4. The van der Waals surface area contributed by atoms with Gasteiger partial charge in [0.1, 0.15) is 5.82 Å². The third kappa shape index (κ3) is 3.95. The smallest absolute Gasteiger partial charge is 0.331 e. The van der Waals surface area contributed by atoms with Crippen molar-refractivity contribution in [3.63, 3.8) is 0 Å². The minimum absolute atomic E-state index is 0.245. The van der Waals surface area contributed by atoms with Crippen LogP contribution in [0.5, 0.6) is 0 Å². The van der Waals surface area contributed by atoms with Gasteiger partial charge < -0.3 is 15.4 Å². The fourth-order valence-electron chi connectivity index (χ4n) is 4.83. The van der Waals surface area contributed by atoms with Crippen LogP contribution in [0, 0.1) is 6.92 Å². The monoisotopic (exact) mass is 489 g/mol. The number of carboxylic acid groups (broad SMARTS) is 1. The van der Waals surface area contributed by atoms with Crippen LogP contribution in [0.4, 0.5) is 5.82 Å². The lowest BCUT2D eigenvalue weighted by molar-refractivity contribution is -0.137. The molecular weight excluding hydrogens is 466 g/mol. The highest BCUT2D eigenvalue weighted by Crippen LogP contribution is 2.29. The molecule has 3 heterocycles. The Morgan fingerprint density at radius 1 is 1.11 bits per heavy atom. The summed E-state index contributed by atoms with van der Waals surface area (Å²) in [5.41, 5.74) is 10.4. The van der Waals surface area contributed by atoms with Crippen LogP contribution in [0.25, 0.3) is 22.1 Å². The largest absolute Gasteiger partial charge is 0.481 e. The van der Waals surface area contributed by atoms with E-state index in [2.05, 4.69) is 4.98 Å². The molecule has 0 aliphatic carbocycles. The summed E-state index contributed by atoms with van der Waals surface area (Å²) in [7, 11) is 1.98. The van der Waals surface area contributed by atoms with E-state index in [9.17, 15) is 14.7 Å². The SMILES string of the molecule is Cc1cccc2c1c(Cn1c(=O)n([C@H](CC(=O)O)c3ccc(Cl)cc3)c3nc(N)ccc31)cn2C. The van der Waals surface area contributed by atoms with Gasteiger partial charge in [-0.3, -0.25) is 13.9 Å². The average molecular weight is 490 g/mol. The van der Waals surface area contributed by atoms with E-state index in [1.165, 1.54) is 4.57 Å². The summed E-state index contributed by atoms with van der Waals surface area (Å²) in [6.07, 6.45) is 1.72. The number of aromatic nitrogens is 4. The number of rotatable bonds is 6. The van der Waals surface area contributed by atoms with Crippen LogP contribution in [0.1, 0.15) is 29.2 Å². The number of pyridine rings is 1. The number of nitrogens with zero attached hydrogens (tertiary/aromatic N) is 4. The number of benzene rings is 2. The molecule has 0 radical (unpaired) electrons. The Bertz CT molecular complexity index is 1650. The Kier molecular flexibility index (Phi) is 5.61. The zero-order valence-corrected chi connectivity index (χ0v) is 20.0. The van der Waals surface area contributed by atoms with Gasteiger partial charge in [-0.05, 0) is 53.9 Å². The van der Waals surface area contributed by atoms with Crippen molar-refractivity contribution < 1.29 is 9.90 Å². The molecule has 0 spiro atoms. The molecule has 8 nitrogen and oxygen atoms in total. The van der Waals surface area contributed by atoms with Crippen molar-refractivity contribution in [3.05, 3.63) is 93.0 Å². The maximum Gasteiger partial charge on any atom is 0.331 e. The molecule has 3 N–H and O–H groups in total. The van der Waals surface area contributed by atoms with Gasteiger partial charge in [0.15, 0.2) is 5.65 Å². The van der Waals surface area contributed by atoms with Crippen LogP contribution in [0.2, 0.25) is 5.02 Å². The minimum atomic E-state index is -1.04. The molecule has 1 atom stereocenters. The third-order valence-electron chi connectivity index (χ3n) is 6.40. The van der Waals surface area contributed by atoms with Crippen molar-refractivity contribution in [2.75, 3.05) is 5.73 Å². The molecule has 2 aromatic carbocycles. The van der Waals surface area contributed by atoms with Gasteiger partial charge in [-0.15, -0.1) is 0 Å². The average Bonchev–Trinajstić information content (AvgIpc) is 3.27. The van der Waals surface area contributed by atoms with Gasteiger partial charge >= 0.3 is 11.7 Å². The van der Waals surface area contributed by atoms with Gasteiger partial charge in [0.25, 0.3) is 0 Å². The van der Waals surface area contributed by atoms with Crippen LogP contribution in [-0.4, -0.2) is 29.8 Å². The molecule has 5 aromatic rings. The molecule has 0 saturated carbocycles. The van der Waals surface area contributed by atoms with E-state index in [1.54, 1.807) is 41.0 Å². The lowest BCUT2D eigenvalue weighted by atomic mass is 10.0. The number of aliphatic carboxylic acids is 1. The standard InChI is InChI=1S/C26H24ClN5O3/c1-15-4-3-5-19-24(15)17(13-30(19)2)14-31-20-10-11-22(28)29-25(20)32(26(31)35)21(12-23(33)34)16-6-8-18(27)9-7-16/h3-11,13,21H,12,14H2,1-2H3,(H2,28,29)(H,33,34)/t21-/m1/s1. The van der Waals surface area contributed by atoms with E-state index < -0.39 is 12.0 Å². The highest BCUT2D eigenvalue weighted by Gasteiger charge is 2.26. The second-order valence-corrected chi connectivity index (χ2v) is 9.15. The number of carbonyl (C=O) groups is 1. The van der Waals surface area contributed by atoms with E-state index in [1.807, 2.05) is 42.9 Å². The highest BCUT2D eigenvalue weighted by atomic mass is 35.5. The first-order valence-corrected chi connectivity index (χ1v) is 11.5. The van der Waals surface area contributed by atoms with Crippen LogP contribution in [0.3, 0.4) is 0 Å². The summed E-state index contributed by atoms with van der Waals surface area (Å²) < 4.78 is 5.11. The Hall–Kier alpha value is -4.04. The molecule has 3 aromatic heterocycles. The Morgan fingerprint density at radius 2 is 1.86 bits per heavy atom. The zero-order chi connectivity index (χ0) is 24.9. The molecule has 35 heavy (non-hydrogen) atoms. The minimum Gasteiger partial charge on any atom is -0.481 e. The fraction of sp³-hybridized carbons (Fsp3) is 0.192. The van der Waals surface area contributed by atoms with Crippen molar-refractivity contribution in [3.8, 4) is 0 Å². The summed E-state index contributed by atoms with van der Waals surface area (Å²) in [5, 5.41) is 11.3. The van der Waals surface area contributed by atoms with Crippen molar-refractivity contribution >= 4 is 45.5 Å². The highest BCUT2D eigenvalue weighted by molar-refractivity contribution is 6.30. The fourth-order valence-corrected chi connectivity index (χ4v) is 4.96. The summed E-state index contributed by atoms with van der Waals surface area (Å²) in [4.78, 5) is 30.2. The zero-order valence-electron chi connectivity index (χ0n) is 19.3. The predicted octanol–water partition coefficient (Wildman–Crippen LogP) is 4.35. The molecule has 5 rings (SSSR count). The first kappa shape index (κ1) is 22.7. The normalized spacial score (nSPS) is 12.4. The number of anilines is 1. The Balaban J connectivity index is 1.74. The van der Waals surface area contributed by atoms with Crippen molar-refractivity contribution in [1.82, 2.24) is 18.7 Å². The van der Waals surface area contributed by atoms with Gasteiger partial charge in [-0.1, -0.05) is 35.9 Å². The van der Waals surface area contributed by atoms with Gasteiger partial charge in [-0.25, -0.2) is 9.78 Å². The number of nitrogens with two attached hydrogens (primary N) is 1. The molecule has 0 bridgehead atoms. The third-order valence-corrected chi connectivity index (χ3v) is 6.65. The molecule has 0 aliphatic heterocycles. The van der Waals surface area contributed by atoms with Gasteiger partial charge in [-0.2, -0.15) is 0 Å². The molecule has 0 saturated heterocycles. The van der Waals surface area contributed by atoms with E-state index in [4.69, 9.17) is 17.3 Å². The van der Waals surface area contributed by atoms with Crippen molar-refractivity contribution in [2.45, 2.75) is 25.9 Å². The summed E-state index contributed by atoms with van der Waals surface area (Å²) in [6.45, 7) is 2.35. The number of halogens is 1. The summed E-state index contributed by atoms with van der Waals surface area (Å²) >= 11 is 6.05. The van der Waals surface area contributed by atoms with Crippen molar-refractivity contribution in [2.24, 2.45) is 7.05 Å². The quantitative estimate of drug-likeness (QED) is 0.368. The lowest BCUT2D eigenvalue weighted by Gasteiger charge is -2.17. The number of imidazole rings is 1.